The molecule has 0 spiro atoms. The van der Waals surface area contributed by atoms with Gasteiger partial charge in [0.25, 0.3) is 0 Å². The van der Waals surface area contributed by atoms with E-state index in [0.717, 1.165) is 6.54 Å². The van der Waals surface area contributed by atoms with Gasteiger partial charge in [-0.1, -0.05) is 0 Å². The van der Waals surface area contributed by atoms with E-state index in [-0.39, 0.29) is 12.2 Å². The molecule has 0 aliphatic rings. The zero-order chi connectivity index (χ0) is 10.8. The summed E-state index contributed by atoms with van der Waals surface area (Å²) in [6.07, 6.45) is 3.67. The van der Waals surface area contributed by atoms with Crippen molar-refractivity contribution in [3.63, 3.8) is 0 Å². The molecule has 1 aromatic heterocycles. The number of hydrogen-bond acceptors (Lipinski definition) is 3. The van der Waals surface area contributed by atoms with Crippen LogP contribution in [-0.2, 0) is 17.8 Å². The lowest BCUT2D eigenvalue weighted by Gasteiger charge is -2.15. The van der Waals surface area contributed by atoms with Gasteiger partial charge >= 0.3 is 0 Å². The van der Waals surface area contributed by atoms with Gasteiger partial charge in [0, 0.05) is 18.9 Å². The van der Waals surface area contributed by atoms with Gasteiger partial charge in [-0.2, -0.15) is 0 Å². The van der Waals surface area contributed by atoms with Crippen LogP contribution in [0.25, 0.3) is 0 Å². The SMILES string of the molecule is CCn1ccnc1CC(=O)C(C)(C)O. The number of carbonyl (C=O) groups is 1. The van der Waals surface area contributed by atoms with Crippen LogP contribution in [0.3, 0.4) is 0 Å². The first-order valence-corrected chi connectivity index (χ1v) is 4.71. The van der Waals surface area contributed by atoms with Crippen LogP contribution in [0.15, 0.2) is 12.4 Å². The molecular formula is C10H16N2O2. The van der Waals surface area contributed by atoms with Crippen molar-refractivity contribution in [2.24, 2.45) is 0 Å². The van der Waals surface area contributed by atoms with Crippen LogP contribution in [-0.4, -0.2) is 26.0 Å². The Morgan fingerprint density at radius 2 is 2.29 bits per heavy atom. The highest BCUT2D eigenvalue weighted by Gasteiger charge is 2.24. The maximum absolute atomic E-state index is 11.5. The van der Waals surface area contributed by atoms with E-state index in [1.54, 1.807) is 6.20 Å². The van der Waals surface area contributed by atoms with Crippen molar-refractivity contribution in [1.29, 1.82) is 0 Å². The van der Waals surface area contributed by atoms with E-state index in [2.05, 4.69) is 4.98 Å². The predicted molar refractivity (Wildman–Crippen MR) is 52.9 cm³/mol. The van der Waals surface area contributed by atoms with Crippen molar-refractivity contribution in [3.05, 3.63) is 18.2 Å². The summed E-state index contributed by atoms with van der Waals surface area (Å²) in [6.45, 7) is 5.76. The van der Waals surface area contributed by atoms with Gasteiger partial charge in [-0.3, -0.25) is 4.79 Å². The molecule has 0 atom stereocenters. The van der Waals surface area contributed by atoms with Gasteiger partial charge in [-0.15, -0.1) is 0 Å². The summed E-state index contributed by atoms with van der Waals surface area (Å²) in [5.74, 6) is 0.498. The van der Waals surface area contributed by atoms with E-state index in [0.29, 0.717) is 5.82 Å². The van der Waals surface area contributed by atoms with Crippen molar-refractivity contribution < 1.29 is 9.90 Å². The fourth-order valence-corrected chi connectivity index (χ4v) is 1.16. The molecule has 1 heterocycles. The van der Waals surface area contributed by atoms with Crippen LogP contribution < -0.4 is 0 Å². The maximum atomic E-state index is 11.5. The predicted octanol–water partition coefficient (Wildman–Crippen LogP) is 0.785. The zero-order valence-corrected chi connectivity index (χ0v) is 8.82. The lowest BCUT2D eigenvalue weighted by atomic mass is 10.0. The smallest absolute Gasteiger partial charge is 0.171 e. The minimum atomic E-state index is -1.27. The number of carbonyl (C=O) groups excluding carboxylic acids is 1. The maximum Gasteiger partial charge on any atom is 0.171 e. The molecule has 0 unspecified atom stereocenters. The average Bonchev–Trinajstić information content (AvgIpc) is 2.50. The number of imidazole rings is 1. The molecule has 14 heavy (non-hydrogen) atoms. The summed E-state index contributed by atoms with van der Waals surface area (Å²) in [7, 11) is 0. The Morgan fingerprint density at radius 3 is 2.79 bits per heavy atom. The molecule has 0 saturated carbocycles. The van der Waals surface area contributed by atoms with E-state index in [1.165, 1.54) is 13.8 Å². The molecule has 0 aliphatic carbocycles. The van der Waals surface area contributed by atoms with Gasteiger partial charge < -0.3 is 9.67 Å². The molecule has 4 heteroatoms. The topological polar surface area (TPSA) is 55.1 Å². The highest BCUT2D eigenvalue weighted by molar-refractivity contribution is 5.87. The lowest BCUT2D eigenvalue weighted by Crippen LogP contribution is -2.33. The number of hydrogen-bond donors (Lipinski definition) is 1. The van der Waals surface area contributed by atoms with Gasteiger partial charge in [0.2, 0.25) is 0 Å². The van der Waals surface area contributed by atoms with E-state index in [1.807, 2.05) is 17.7 Å². The Hall–Kier alpha value is -1.16. The van der Waals surface area contributed by atoms with Crippen LogP contribution in [0.4, 0.5) is 0 Å². The molecule has 0 amide bonds. The van der Waals surface area contributed by atoms with Crippen molar-refractivity contribution in [1.82, 2.24) is 9.55 Å². The first-order chi connectivity index (χ1) is 6.45. The monoisotopic (exact) mass is 196 g/mol. The summed E-state index contributed by atoms with van der Waals surface area (Å²) in [6, 6.07) is 0. The normalized spacial score (nSPS) is 11.7. The Bertz CT molecular complexity index is 323. The number of rotatable bonds is 4. The molecule has 0 bridgehead atoms. The third kappa shape index (κ3) is 2.42. The Labute approximate surface area is 83.6 Å². The summed E-state index contributed by atoms with van der Waals surface area (Å²) in [5, 5.41) is 9.46. The van der Waals surface area contributed by atoms with Crippen molar-refractivity contribution in [2.75, 3.05) is 0 Å². The molecule has 0 aromatic carbocycles. The molecule has 1 rings (SSSR count). The van der Waals surface area contributed by atoms with Gasteiger partial charge in [0.05, 0.1) is 6.42 Å². The van der Waals surface area contributed by atoms with E-state index < -0.39 is 5.60 Å². The lowest BCUT2D eigenvalue weighted by molar-refractivity contribution is -0.133. The largest absolute Gasteiger partial charge is 0.383 e. The number of nitrogens with zero attached hydrogens (tertiary/aromatic N) is 2. The quantitative estimate of drug-likeness (QED) is 0.774. The number of aliphatic hydroxyl groups is 1. The Kier molecular flexibility index (Phi) is 3.06. The summed E-state index contributed by atoms with van der Waals surface area (Å²) in [5.41, 5.74) is -1.27. The second kappa shape index (κ2) is 3.92. The van der Waals surface area contributed by atoms with Gasteiger partial charge in [-0.25, -0.2) is 4.98 Å². The highest BCUT2D eigenvalue weighted by Crippen LogP contribution is 2.08. The van der Waals surface area contributed by atoms with E-state index in [4.69, 9.17) is 0 Å². The Balaban J connectivity index is 2.74. The highest BCUT2D eigenvalue weighted by atomic mass is 16.3. The second-order valence-corrected chi connectivity index (χ2v) is 3.79. The molecule has 1 aromatic rings. The molecule has 0 saturated heterocycles. The molecule has 0 radical (unpaired) electrons. The summed E-state index contributed by atoms with van der Waals surface area (Å²) in [4.78, 5) is 15.6. The van der Waals surface area contributed by atoms with Gasteiger partial charge in [0.15, 0.2) is 5.78 Å². The summed E-state index contributed by atoms with van der Waals surface area (Å²) < 4.78 is 1.89. The third-order valence-corrected chi connectivity index (χ3v) is 2.14. The van der Waals surface area contributed by atoms with Crippen LogP contribution in [0.5, 0.6) is 0 Å². The number of Topliss-reactive ketones (excluding diaryl/α,β-unsaturated/α-hetero) is 1. The molecule has 1 N–H and O–H groups in total. The van der Waals surface area contributed by atoms with Crippen molar-refractivity contribution in [2.45, 2.75) is 39.3 Å². The van der Waals surface area contributed by atoms with E-state index >= 15 is 0 Å². The fourth-order valence-electron chi connectivity index (χ4n) is 1.16. The van der Waals surface area contributed by atoms with Gasteiger partial charge in [-0.05, 0) is 20.8 Å². The number of aryl methyl sites for hydroxylation is 1. The Morgan fingerprint density at radius 1 is 1.64 bits per heavy atom. The van der Waals surface area contributed by atoms with Crippen LogP contribution in [0.2, 0.25) is 0 Å². The molecular weight excluding hydrogens is 180 g/mol. The number of aromatic nitrogens is 2. The van der Waals surface area contributed by atoms with Crippen molar-refractivity contribution in [3.8, 4) is 0 Å². The van der Waals surface area contributed by atoms with Crippen LogP contribution in [0, 0.1) is 0 Å². The second-order valence-electron chi connectivity index (χ2n) is 3.79. The first-order valence-electron chi connectivity index (χ1n) is 4.71. The molecule has 78 valence electrons. The molecule has 0 fully saturated rings. The number of ketones is 1. The third-order valence-electron chi connectivity index (χ3n) is 2.14. The zero-order valence-electron chi connectivity index (χ0n) is 8.82. The van der Waals surface area contributed by atoms with E-state index in [9.17, 15) is 9.90 Å². The summed E-state index contributed by atoms with van der Waals surface area (Å²) >= 11 is 0. The first kappa shape index (κ1) is 10.9. The minimum Gasteiger partial charge on any atom is -0.383 e. The van der Waals surface area contributed by atoms with Crippen LogP contribution in [0.1, 0.15) is 26.6 Å². The standard InChI is InChI=1S/C10H16N2O2/c1-4-12-6-5-11-9(12)7-8(13)10(2,3)14/h5-6,14H,4,7H2,1-3H3. The molecule has 4 nitrogen and oxygen atoms in total. The fraction of sp³-hybridized carbons (Fsp3) is 0.600. The van der Waals surface area contributed by atoms with Gasteiger partial charge in [0.1, 0.15) is 11.4 Å². The van der Waals surface area contributed by atoms with Crippen LogP contribution >= 0.6 is 0 Å². The minimum absolute atomic E-state index is 0.185. The van der Waals surface area contributed by atoms with Crippen molar-refractivity contribution >= 4 is 5.78 Å². The molecule has 0 aliphatic heterocycles. The average molecular weight is 196 g/mol.